The Balaban J connectivity index is 1.29. The van der Waals surface area contributed by atoms with Crippen molar-refractivity contribution in [2.24, 2.45) is 7.05 Å². The minimum atomic E-state index is -0.969. The molecule has 0 radical (unpaired) electrons. The first-order chi connectivity index (χ1) is 18.2. The predicted molar refractivity (Wildman–Crippen MR) is 145 cm³/mol. The van der Waals surface area contributed by atoms with Crippen LogP contribution in [0.1, 0.15) is 65.0 Å². The second kappa shape index (κ2) is 9.36. The molecule has 0 amide bonds. The lowest BCUT2D eigenvalue weighted by Crippen LogP contribution is -2.40. The van der Waals surface area contributed by atoms with Crippen molar-refractivity contribution in [3.05, 3.63) is 87.4 Å². The molecular weight excluding hydrogens is 548 g/mol. The second-order valence-electron chi connectivity index (χ2n) is 10.9. The van der Waals surface area contributed by atoms with Gasteiger partial charge in [0.2, 0.25) is 0 Å². The first-order valence-electron chi connectivity index (χ1n) is 12.6. The van der Waals surface area contributed by atoms with E-state index in [0.29, 0.717) is 5.69 Å². The van der Waals surface area contributed by atoms with Crippen LogP contribution in [0.4, 0.5) is 0 Å². The van der Waals surface area contributed by atoms with Gasteiger partial charge in [0.1, 0.15) is 16.9 Å². The van der Waals surface area contributed by atoms with Gasteiger partial charge in [-0.15, -0.1) is 5.10 Å². The number of carboxylic acids is 1. The Kier molecular flexibility index (Phi) is 6.11. The van der Waals surface area contributed by atoms with Gasteiger partial charge in [0.05, 0.1) is 23.3 Å². The fraction of sp³-hybridized carbons (Fsp3) is 0.357. The number of aromatic carboxylic acids is 1. The Morgan fingerprint density at radius 1 is 1.21 bits per heavy atom. The van der Waals surface area contributed by atoms with Gasteiger partial charge in [-0.05, 0) is 56.2 Å². The van der Waals surface area contributed by atoms with Gasteiger partial charge in [-0.2, -0.15) is 5.10 Å². The van der Waals surface area contributed by atoms with Crippen molar-refractivity contribution >= 4 is 21.9 Å². The van der Waals surface area contributed by atoms with Crippen molar-refractivity contribution in [1.82, 2.24) is 29.7 Å². The zero-order valence-corrected chi connectivity index (χ0v) is 23.1. The second-order valence-corrected chi connectivity index (χ2v) is 11.8. The van der Waals surface area contributed by atoms with E-state index in [1.54, 1.807) is 9.36 Å². The van der Waals surface area contributed by atoms with Gasteiger partial charge in [0.15, 0.2) is 0 Å². The molecule has 2 aromatic carbocycles. The molecule has 6 rings (SSSR count). The minimum Gasteiger partial charge on any atom is -0.486 e. The quantitative estimate of drug-likeness (QED) is 0.348. The number of carbonyl (C=O) groups is 1. The molecule has 1 aliphatic carbocycles. The summed E-state index contributed by atoms with van der Waals surface area (Å²) in [5, 5.41) is 22.7. The molecule has 2 aromatic heterocycles. The summed E-state index contributed by atoms with van der Waals surface area (Å²) in [6, 6.07) is 14.3. The normalized spacial score (nSPS) is 20.4. The number of aryl methyl sites for hydroxylation is 1. The van der Waals surface area contributed by atoms with Crippen molar-refractivity contribution in [2.75, 3.05) is 6.54 Å². The molecule has 4 aromatic rings. The summed E-state index contributed by atoms with van der Waals surface area (Å²) in [5.74, 6) is 0.115. The zero-order chi connectivity index (χ0) is 26.6. The summed E-state index contributed by atoms with van der Waals surface area (Å²) in [4.78, 5) is 14.5. The third kappa shape index (κ3) is 4.86. The highest BCUT2D eigenvalue weighted by atomic mass is 79.9. The summed E-state index contributed by atoms with van der Waals surface area (Å²) in [5.41, 5.74) is 4.61. The van der Waals surface area contributed by atoms with E-state index < -0.39 is 5.97 Å². The lowest BCUT2D eigenvalue weighted by atomic mass is 10.1. The van der Waals surface area contributed by atoms with E-state index in [0.717, 1.165) is 58.8 Å². The highest BCUT2D eigenvalue weighted by molar-refractivity contribution is 9.10. The minimum absolute atomic E-state index is 0.0301. The maximum Gasteiger partial charge on any atom is 0.339 e. The van der Waals surface area contributed by atoms with Crippen molar-refractivity contribution < 1.29 is 14.6 Å². The molecule has 1 N–H and O–H groups in total. The summed E-state index contributed by atoms with van der Waals surface area (Å²) in [7, 11) is 1.83. The van der Waals surface area contributed by atoms with Gasteiger partial charge in [-0.3, -0.25) is 9.58 Å². The largest absolute Gasteiger partial charge is 0.486 e. The number of hydrogen-bond donors (Lipinski definition) is 1. The van der Waals surface area contributed by atoms with Crippen LogP contribution < -0.4 is 4.74 Å². The summed E-state index contributed by atoms with van der Waals surface area (Å²) in [6.45, 7) is 6.48. The smallest absolute Gasteiger partial charge is 0.339 e. The third-order valence-electron chi connectivity index (χ3n) is 7.15. The van der Waals surface area contributed by atoms with E-state index in [9.17, 15) is 9.90 Å². The molecule has 9 nitrogen and oxygen atoms in total. The van der Waals surface area contributed by atoms with Crippen LogP contribution in [0.5, 0.6) is 5.75 Å². The van der Waals surface area contributed by atoms with Crippen LogP contribution in [-0.2, 0) is 20.1 Å². The number of hydrogen-bond acceptors (Lipinski definition) is 6. The molecule has 10 heteroatoms. The summed E-state index contributed by atoms with van der Waals surface area (Å²) >= 11 is 3.59. The Morgan fingerprint density at radius 3 is 2.82 bits per heavy atom. The molecule has 1 saturated carbocycles. The van der Waals surface area contributed by atoms with Crippen LogP contribution in [-0.4, -0.2) is 52.9 Å². The van der Waals surface area contributed by atoms with E-state index in [1.807, 2.05) is 37.5 Å². The maximum absolute atomic E-state index is 12.1. The number of rotatable bonds is 6. The highest BCUT2D eigenvalue weighted by Crippen LogP contribution is 2.55. The molecule has 3 heterocycles. The number of benzene rings is 2. The van der Waals surface area contributed by atoms with Crippen molar-refractivity contribution in [3.63, 3.8) is 0 Å². The fourth-order valence-corrected chi connectivity index (χ4v) is 5.95. The molecule has 0 bridgehead atoms. The predicted octanol–water partition coefficient (Wildman–Crippen LogP) is 4.91. The average Bonchev–Trinajstić information content (AvgIpc) is 3.34. The fourth-order valence-electron chi connectivity index (χ4n) is 5.54. The van der Waals surface area contributed by atoms with Gasteiger partial charge < -0.3 is 9.84 Å². The lowest BCUT2D eigenvalue weighted by Gasteiger charge is -2.29. The first kappa shape index (κ1) is 24.8. The number of fused-ring (bicyclic) bond motifs is 1. The lowest BCUT2D eigenvalue weighted by molar-refractivity contribution is 0.0680. The molecule has 2 aliphatic rings. The number of ether oxygens (including phenoxy) is 1. The van der Waals surface area contributed by atoms with Crippen LogP contribution in [0.3, 0.4) is 0 Å². The van der Waals surface area contributed by atoms with Crippen LogP contribution in [0.2, 0.25) is 0 Å². The molecular formula is C28H29BrN6O3. The molecule has 38 heavy (non-hydrogen) atoms. The number of nitrogens with zero attached hydrogens (tertiary/aromatic N) is 6. The van der Waals surface area contributed by atoms with Crippen LogP contribution in [0.15, 0.2) is 59.3 Å². The molecule has 0 saturated heterocycles. The van der Waals surface area contributed by atoms with Crippen LogP contribution >= 0.6 is 15.9 Å². The Hall–Kier alpha value is -3.50. The van der Waals surface area contributed by atoms with E-state index >= 15 is 0 Å². The van der Waals surface area contributed by atoms with E-state index in [-0.39, 0.29) is 23.0 Å². The Labute approximate surface area is 229 Å². The average molecular weight is 577 g/mol. The topological polar surface area (TPSA) is 98.3 Å². The van der Waals surface area contributed by atoms with Gasteiger partial charge in [-0.1, -0.05) is 33.3 Å². The summed E-state index contributed by atoms with van der Waals surface area (Å²) in [6.07, 6.45) is 4.18. The van der Waals surface area contributed by atoms with Gasteiger partial charge in [-0.25, -0.2) is 9.48 Å². The number of halogens is 1. The molecule has 1 fully saturated rings. The Bertz CT molecular complexity index is 1530. The van der Waals surface area contributed by atoms with Crippen molar-refractivity contribution in [1.29, 1.82) is 0 Å². The van der Waals surface area contributed by atoms with E-state index in [2.05, 4.69) is 68.3 Å². The number of aromatic nitrogens is 5. The van der Waals surface area contributed by atoms with Crippen molar-refractivity contribution in [3.8, 4) is 11.4 Å². The van der Waals surface area contributed by atoms with E-state index in [1.165, 1.54) is 6.20 Å². The standard InChI is InChI=1S/C28H29BrN6O3/c1-28(2)16-34(14-18-10-19(29)7-8-25(18)38-28)13-17-5-4-6-20(9-17)35-26(23(12-30-35)27(36)37)22-11-21(22)24-15-33(3)32-31-24/h4-10,12,15,21-22H,11,13-14,16H2,1-3H3,(H,36,37)/t21-,22-/m1/s1. The number of carboxylic acid groups (broad SMARTS) is 1. The highest BCUT2D eigenvalue weighted by Gasteiger charge is 2.46. The molecule has 2 atom stereocenters. The molecule has 0 spiro atoms. The monoisotopic (exact) mass is 576 g/mol. The molecule has 0 unspecified atom stereocenters. The van der Waals surface area contributed by atoms with Crippen molar-refractivity contribution in [2.45, 2.75) is 50.8 Å². The van der Waals surface area contributed by atoms with E-state index in [4.69, 9.17) is 4.74 Å². The van der Waals surface area contributed by atoms with Gasteiger partial charge in [0, 0.05) is 54.8 Å². The Morgan fingerprint density at radius 2 is 2.05 bits per heavy atom. The van der Waals surface area contributed by atoms with Crippen LogP contribution in [0, 0.1) is 0 Å². The van der Waals surface area contributed by atoms with Gasteiger partial charge >= 0.3 is 5.97 Å². The SMILES string of the molecule is Cn1cc([C@@H]2C[C@H]2c2c(C(=O)O)cnn2-c2cccc(CN3Cc4cc(Br)ccc4OC(C)(C)C3)c2)nn1. The third-order valence-corrected chi connectivity index (χ3v) is 7.64. The maximum atomic E-state index is 12.1. The van der Waals surface area contributed by atoms with Gasteiger partial charge in [0.25, 0.3) is 0 Å². The molecule has 196 valence electrons. The zero-order valence-electron chi connectivity index (χ0n) is 21.5. The van der Waals surface area contributed by atoms with Crippen LogP contribution in [0.25, 0.3) is 5.69 Å². The summed E-state index contributed by atoms with van der Waals surface area (Å²) < 4.78 is 10.8. The molecule has 1 aliphatic heterocycles. The first-order valence-corrected chi connectivity index (χ1v) is 13.4.